The number of hydrogen-bond donors (Lipinski definition) is 2. The van der Waals surface area contributed by atoms with Gasteiger partial charge in [-0.1, -0.05) is 17.7 Å². The highest BCUT2D eigenvalue weighted by Gasteiger charge is 2.14. The van der Waals surface area contributed by atoms with E-state index in [2.05, 4.69) is 29.7 Å². The molecule has 0 unspecified atom stereocenters. The fourth-order valence-electron chi connectivity index (χ4n) is 2.81. The molecule has 0 spiro atoms. The molecule has 120 valence electrons. The van der Waals surface area contributed by atoms with Crippen molar-refractivity contribution in [2.24, 2.45) is 0 Å². The molecule has 0 saturated carbocycles. The van der Waals surface area contributed by atoms with Gasteiger partial charge < -0.3 is 20.1 Å². The van der Waals surface area contributed by atoms with Crippen molar-refractivity contribution < 1.29 is 14.3 Å². The highest BCUT2D eigenvalue weighted by atomic mass is 16.7. The second-order valence-electron chi connectivity index (χ2n) is 5.74. The standard InChI is InChI=1S/C18H20N2O3/c1-11-6-12(2)18(13(3)7-11)19-9-17(21)20-14-4-5-15-16(8-14)23-10-22-15/h4-8,19H,9-10H2,1-3H3,(H,20,21). The van der Waals surface area contributed by atoms with Crippen LogP contribution in [-0.2, 0) is 4.79 Å². The molecule has 2 aromatic carbocycles. The average molecular weight is 312 g/mol. The summed E-state index contributed by atoms with van der Waals surface area (Å²) in [6.45, 7) is 6.58. The van der Waals surface area contributed by atoms with Crippen molar-refractivity contribution in [2.45, 2.75) is 20.8 Å². The van der Waals surface area contributed by atoms with E-state index in [1.54, 1.807) is 18.2 Å². The summed E-state index contributed by atoms with van der Waals surface area (Å²) >= 11 is 0. The van der Waals surface area contributed by atoms with E-state index in [-0.39, 0.29) is 19.2 Å². The minimum atomic E-state index is -0.108. The Labute approximate surface area is 135 Å². The number of carbonyl (C=O) groups is 1. The summed E-state index contributed by atoms with van der Waals surface area (Å²) in [7, 11) is 0. The number of benzene rings is 2. The number of amides is 1. The predicted molar refractivity (Wildman–Crippen MR) is 90.3 cm³/mol. The summed E-state index contributed by atoms with van der Waals surface area (Å²) in [6.07, 6.45) is 0. The van der Waals surface area contributed by atoms with E-state index in [0.29, 0.717) is 17.2 Å². The zero-order valence-electron chi connectivity index (χ0n) is 13.5. The highest BCUT2D eigenvalue weighted by molar-refractivity contribution is 5.94. The summed E-state index contributed by atoms with van der Waals surface area (Å²) in [5.74, 6) is 1.25. The molecule has 2 aromatic rings. The van der Waals surface area contributed by atoms with Crippen LogP contribution < -0.4 is 20.1 Å². The number of hydrogen-bond acceptors (Lipinski definition) is 4. The number of anilines is 2. The summed E-state index contributed by atoms with van der Waals surface area (Å²) in [4.78, 5) is 12.1. The number of nitrogens with one attached hydrogen (secondary N) is 2. The summed E-state index contributed by atoms with van der Waals surface area (Å²) < 4.78 is 10.6. The van der Waals surface area contributed by atoms with E-state index in [1.165, 1.54) is 5.56 Å². The largest absolute Gasteiger partial charge is 0.454 e. The molecule has 1 amide bonds. The van der Waals surface area contributed by atoms with Gasteiger partial charge in [0.25, 0.3) is 0 Å². The van der Waals surface area contributed by atoms with Gasteiger partial charge in [0.1, 0.15) is 0 Å². The SMILES string of the molecule is Cc1cc(C)c(NCC(=O)Nc2ccc3c(c2)OCO3)c(C)c1. The topological polar surface area (TPSA) is 59.6 Å². The van der Waals surface area contributed by atoms with Crippen molar-refractivity contribution in [1.82, 2.24) is 0 Å². The molecule has 0 fully saturated rings. The quantitative estimate of drug-likeness (QED) is 0.908. The van der Waals surface area contributed by atoms with Crippen LogP contribution in [0.15, 0.2) is 30.3 Å². The van der Waals surface area contributed by atoms with Gasteiger partial charge in [-0.25, -0.2) is 0 Å². The number of aryl methyl sites for hydroxylation is 3. The molecule has 0 aromatic heterocycles. The van der Waals surface area contributed by atoms with Gasteiger partial charge in [0.15, 0.2) is 11.5 Å². The minimum absolute atomic E-state index is 0.108. The average Bonchev–Trinajstić information content (AvgIpc) is 2.93. The van der Waals surface area contributed by atoms with Crippen LogP contribution in [-0.4, -0.2) is 19.2 Å². The fourth-order valence-corrected chi connectivity index (χ4v) is 2.81. The van der Waals surface area contributed by atoms with Crippen molar-refractivity contribution >= 4 is 17.3 Å². The van der Waals surface area contributed by atoms with Crippen LogP contribution >= 0.6 is 0 Å². The third-order valence-corrected chi connectivity index (χ3v) is 3.76. The van der Waals surface area contributed by atoms with Crippen LogP contribution in [0.3, 0.4) is 0 Å². The third-order valence-electron chi connectivity index (χ3n) is 3.76. The number of rotatable bonds is 4. The van der Waals surface area contributed by atoms with Gasteiger partial charge in [0.2, 0.25) is 12.7 Å². The van der Waals surface area contributed by atoms with Gasteiger partial charge in [-0.2, -0.15) is 0 Å². The molecule has 0 aliphatic carbocycles. The summed E-state index contributed by atoms with van der Waals surface area (Å²) in [6, 6.07) is 9.56. The Balaban J connectivity index is 1.62. The first-order chi connectivity index (χ1) is 11.0. The van der Waals surface area contributed by atoms with Crippen molar-refractivity contribution in [3.8, 4) is 11.5 Å². The first kappa shape index (κ1) is 15.2. The van der Waals surface area contributed by atoms with Crippen molar-refractivity contribution in [3.05, 3.63) is 47.0 Å². The molecule has 5 nitrogen and oxygen atoms in total. The number of fused-ring (bicyclic) bond motifs is 1. The van der Waals surface area contributed by atoms with Crippen LogP contribution in [0, 0.1) is 20.8 Å². The van der Waals surface area contributed by atoms with E-state index >= 15 is 0 Å². The van der Waals surface area contributed by atoms with E-state index in [0.717, 1.165) is 16.8 Å². The predicted octanol–water partition coefficient (Wildman–Crippen LogP) is 3.39. The molecule has 1 heterocycles. The van der Waals surface area contributed by atoms with E-state index in [1.807, 2.05) is 13.8 Å². The van der Waals surface area contributed by atoms with E-state index in [9.17, 15) is 4.79 Å². The van der Waals surface area contributed by atoms with Crippen LogP contribution in [0.2, 0.25) is 0 Å². The van der Waals surface area contributed by atoms with Gasteiger partial charge in [0, 0.05) is 17.4 Å². The number of ether oxygens (including phenoxy) is 2. The molecule has 5 heteroatoms. The van der Waals surface area contributed by atoms with Gasteiger partial charge in [0.05, 0.1) is 6.54 Å². The Kier molecular flexibility index (Phi) is 4.10. The Hall–Kier alpha value is -2.69. The molecule has 0 atom stereocenters. The lowest BCUT2D eigenvalue weighted by Crippen LogP contribution is -2.22. The molecule has 0 radical (unpaired) electrons. The minimum Gasteiger partial charge on any atom is -0.454 e. The maximum atomic E-state index is 12.1. The smallest absolute Gasteiger partial charge is 0.243 e. The van der Waals surface area contributed by atoms with Gasteiger partial charge in [-0.05, 0) is 44.0 Å². The first-order valence-corrected chi connectivity index (χ1v) is 7.54. The maximum Gasteiger partial charge on any atom is 0.243 e. The van der Waals surface area contributed by atoms with Gasteiger partial charge >= 0.3 is 0 Å². The zero-order valence-corrected chi connectivity index (χ0v) is 13.5. The molecule has 1 aliphatic rings. The molecule has 3 rings (SSSR count). The van der Waals surface area contributed by atoms with Crippen LogP contribution in [0.5, 0.6) is 11.5 Å². The van der Waals surface area contributed by atoms with Crippen LogP contribution in [0.1, 0.15) is 16.7 Å². The first-order valence-electron chi connectivity index (χ1n) is 7.54. The summed E-state index contributed by atoms with van der Waals surface area (Å²) in [5, 5.41) is 6.07. The second kappa shape index (κ2) is 6.20. The number of carbonyl (C=O) groups excluding carboxylic acids is 1. The van der Waals surface area contributed by atoms with Crippen LogP contribution in [0.25, 0.3) is 0 Å². The van der Waals surface area contributed by atoms with Crippen molar-refractivity contribution in [3.63, 3.8) is 0 Å². The molecule has 0 bridgehead atoms. The normalized spacial score (nSPS) is 12.1. The second-order valence-corrected chi connectivity index (χ2v) is 5.74. The van der Waals surface area contributed by atoms with Gasteiger partial charge in [-0.3, -0.25) is 4.79 Å². The lowest BCUT2D eigenvalue weighted by atomic mass is 10.1. The van der Waals surface area contributed by atoms with E-state index < -0.39 is 0 Å². The Morgan fingerprint density at radius 1 is 1.04 bits per heavy atom. The van der Waals surface area contributed by atoms with Crippen molar-refractivity contribution in [2.75, 3.05) is 24.0 Å². The molecular weight excluding hydrogens is 292 g/mol. The molecule has 2 N–H and O–H groups in total. The Bertz CT molecular complexity index is 733. The van der Waals surface area contributed by atoms with Crippen molar-refractivity contribution in [1.29, 1.82) is 0 Å². The maximum absolute atomic E-state index is 12.1. The Morgan fingerprint density at radius 3 is 2.48 bits per heavy atom. The molecule has 23 heavy (non-hydrogen) atoms. The molecular formula is C18H20N2O3. The van der Waals surface area contributed by atoms with E-state index in [4.69, 9.17) is 9.47 Å². The van der Waals surface area contributed by atoms with Crippen LogP contribution in [0.4, 0.5) is 11.4 Å². The highest BCUT2D eigenvalue weighted by Crippen LogP contribution is 2.34. The monoisotopic (exact) mass is 312 g/mol. The lowest BCUT2D eigenvalue weighted by molar-refractivity contribution is -0.114. The lowest BCUT2D eigenvalue weighted by Gasteiger charge is -2.14. The zero-order chi connectivity index (χ0) is 16.4. The Morgan fingerprint density at radius 2 is 1.74 bits per heavy atom. The molecule has 0 saturated heterocycles. The fraction of sp³-hybridized carbons (Fsp3) is 0.278. The third kappa shape index (κ3) is 3.39. The van der Waals surface area contributed by atoms with Gasteiger partial charge in [-0.15, -0.1) is 0 Å². The summed E-state index contributed by atoms with van der Waals surface area (Å²) in [5.41, 5.74) is 5.20. The molecule has 1 aliphatic heterocycles.